The Hall–Kier alpha value is -1.03. The minimum Gasteiger partial charge on any atom is -0.486 e. The first-order valence-electron chi connectivity index (χ1n) is 10.7. The summed E-state index contributed by atoms with van der Waals surface area (Å²) in [7, 11) is 1.09. The first-order valence-corrected chi connectivity index (χ1v) is 12.1. The van der Waals surface area contributed by atoms with Crippen LogP contribution in [0.2, 0.25) is 0 Å². The minimum absolute atomic E-state index is 0. The molecule has 0 spiro atoms. The van der Waals surface area contributed by atoms with Crippen molar-refractivity contribution < 1.29 is 13.7 Å². The van der Waals surface area contributed by atoms with E-state index in [1.165, 1.54) is 5.56 Å². The van der Waals surface area contributed by atoms with Crippen LogP contribution < -0.4 is 20.1 Å². The highest BCUT2D eigenvalue weighted by atomic mass is 127. The van der Waals surface area contributed by atoms with E-state index in [9.17, 15) is 4.21 Å². The third kappa shape index (κ3) is 6.48. The van der Waals surface area contributed by atoms with Crippen LogP contribution in [0.15, 0.2) is 23.2 Å². The van der Waals surface area contributed by atoms with Gasteiger partial charge in [-0.3, -0.25) is 9.20 Å². The predicted octanol–water partition coefficient (Wildman–Crippen LogP) is 3.60. The van der Waals surface area contributed by atoms with Gasteiger partial charge in [-0.15, -0.1) is 24.0 Å². The molecule has 1 aromatic rings. The molecule has 0 bridgehead atoms. The molecule has 2 N–H and O–H groups in total. The maximum atomic E-state index is 12.2. The van der Waals surface area contributed by atoms with Crippen LogP contribution in [0.5, 0.6) is 11.5 Å². The monoisotopic (exact) mass is 549 g/mol. The number of benzene rings is 1. The molecule has 3 rings (SSSR count). The summed E-state index contributed by atoms with van der Waals surface area (Å²) in [6.07, 6.45) is 4.24. The summed E-state index contributed by atoms with van der Waals surface area (Å²) in [6, 6.07) is 6.51. The van der Waals surface area contributed by atoms with Gasteiger partial charge in [-0.2, -0.15) is 0 Å². The molecule has 0 aromatic heterocycles. The fourth-order valence-electron chi connectivity index (χ4n) is 4.01. The van der Waals surface area contributed by atoms with Crippen LogP contribution in [-0.4, -0.2) is 54.0 Å². The van der Waals surface area contributed by atoms with E-state index in [0.29, 0.717) is 24.5 Å². The van der Waals surface area contributed by atoms with Crippen LogP contribution in [0.3, 0.4) is 0 Å². The Labute approximate surface area is 200 Å². The Morgan fingerprint density at radius 3 is 2.67 bits per heavy atom. The fraction of sp³-hybridized carbons (Fsp3) is 0.682. The van der Waals surface area contributed by atoms with Gasteiger partial charge < -0.3 is 20.1 Å². The lowest BCUT2D eigenvalue weighted by Gasteiger charge is -2.32. The van der Waals surface area contributed by atoms with Crippen molar-refractivity contribution in [1.82, 2.24) is 10.6 Å². The maximum absolute atomic E-state index is 12.2. The molecule has 3 unspecified atom stereocenters. The molecule has 170 valence electrons. The standard InChI is InChI=1S/C22H35N3O3S.HI/c1-5-29(26)18-8-6-7-17(14-18)25-21(23-4)24-15-22(2,3)16-9-10-19-20(13-16)28-12-11-27-19;/h9-10,13,17-18H,5-8,11-12,14-15H2,1-4H3,(H2,23,24,25);1H. The van der Waals surface area contributed by atoms with E-state index in [4.69, 9.17) is 9.47 Å². The summed E-state index contributed by atoms with van der Waals surface area (Å²) in [6.45, 7) is 8.36. The number of ether oxygens (including phenoxy) is 2. The summed E-state index contributed by atoms with van der Waals surface area (Å²) < 4.78 is 23.6. The summed E-state index contributed by atoms with van der Waals surface area (Å²) in [4.78, 5) is 4.41. The van der Waals surface area contributed by atoms with Gasteiger partial charge in [0.2, 0.25) is 0 Å². The van der Waals surface area contributed by atoms with Crippen molar-refractivity contribution in [1.29, 1.82) is 0 Å². The number of nitrogens with zero attached hydrogens (tertiary/aromatic N) is 1. The summed E-state index contributed by atoms with van der Waals surface area (Å²) in [5.74, 6) is 3.19. The average molecular weight is 550 g/mol. The second-order valence-corrected chi connectivity index (χ2v) is 10.5. The van der Waals surface area contributed by atoms with Crippen molar-refractivity contribution in [2.24, 2.45) is 4.99 Å². The number of rotatable bonds is 6. The quantitative estimate of drug-likeness (QED) is 0.323. The van der Waals surface area contributed by atoms with E-state index in [0.717, 1.165) is 55.4 Å². The largest absolute Gasteiger partial charge is 0.486 e. The molecule has 3 atom stereocenters. The SMILES string of the molecule is CCS(=O)C1CCCC(NC(=NC)NCC(C)(C)c2ccc3c(c2)OCCO3)C1.I. The summed E-state index contributed by atoms with van der Waals surface area (Å²) >= 11 is 0. The minimum atomic E-state index is -0.717. The first-order chi connectivity index (χ1) is 13.9. The smallest absolute Gasteiger partial charge is 0.191 e. The number of guanidine groups is 1. The van der Waals surface area contributed by atoms with E-state index in [-0.39, 0.29) is 29.4 Å². The molecule has 1 heterocycles. The lowest BCUT2D eigenvalue weighted by atomic mass is 9.84. The van der Waals surface area contributed by atoms with Crippen LogP contribution in [0.1, 0.15) is 52.0 Å². The van der Waals surface area contributed by atoms with Crippen LogP contribution in [0, 0.1) is 0 Å². The second kappa shape index (κ2) is 11.5. The van der Waals surface area contributed by atoms with Gasteiger partial charge in [0.05, 0.1) is 0 Å². The van der Waals surface area contributed by atoms with Gasteiger partial charge in [0.1, 0.15) is 13.2 Å². The first kappa shape index (κ1) is 25.2. The maximum Gasteiger partial charge on any atom is 0.191 e. The topological polar surface area (TPSA) is 72.0 Å². The fourth-order valence-corrected chi connectivity index (χ4v) is 5.36. The Bertz CT molecular complexity index is 757. The highest BCUT2D eigenvalue weighted by molar-refractivity contribution is 14.0. The molecule has 0 saturated heterocycles. The van der Waals surface area contributed by atoms with Gasteiger partial charge in [0, 0.05) is 46.9 Å². The molecule has 1 aliphatic carbocycles. The molecular formula is C22H36IN3O3S. The van der Waals surface area contributed by atoms with E-state index >= 15 is 0 Å². The van der Waals surface area contributed by atoms with Gasteiger partial charge in [-0.1, -0.05) is 33.3 Å². The van der Waals surface area contributed by atoms with Crippen molar-refractivity contribution >= 4 is 40.7 Å². The molecule has 1 aromatic carbocycles. The van der Waals surface area contributed by atoms with Crippen LogP contribution in [0.25, 0.3) is 0 Å². The second-order valence-electron chi connectivity index (χ2n) is 8.47. The zero-order valence-electron chi connectivity index (χ0n) is 18.5. The molecule has 1 aliphatic heterocycles. The van der Waals surface area contributed by atoms with Gasteiger partial charge in [0.25, 0.3) is 0 Å². The molecule has 2 aliphatic rings. The third-order valence-corrected chi connectivity index (χ3v) is 7.61. The van der Waals surface area contributed by atoms with Crippen molar-refractivity contribution in [3.05, 3.63) is 23.8 Å². The Kier molecular flexibility index (Phi) is 9.71. The summed E-state index contributed by atoms with van der Waals surface area (Å²) in [5, 5.41) is 7.34. The van der Waals surface area contributed by atoms with Crippen LogP contribution in [0.4, 0.5) is 0 Å². The third-order valence-electron chi connectivity index (χ3n) is 5.87. The normalized spacial score (nSPS) is 22.6. The van der Waals surface area contributed by atoms with Gasteiger partial charge >= 0.3 is 0 Å². The van der Waals surface area contributed by atoms with E-state index in [1.807, 2.05) is 13.0 Å². The predicted molar refractivity (Wildman–Crippen MR) is 135 cm³/mol. The van der Waals surface area contributed by atoms with Gasteiger partial charge in [0.15, 0.2) is 17.5 Å². The number of fused-ring (bicyclic) bond motifs is 1. The lowest BCUT2D eigenvalue weighted by Crippen LogP contribution is -2.49. The Morgan fingerprint density at radius 1 is 1.23 bits per heavy atom. The summed E-state index contributed by atoms with van der Waals surface area (Å²) in [5.41, 5.74) is 1.09. The van der Waals surface area contributed by atoms with Crippen LogP contribution in [-0.2, 0) is 16.2 Å². The molecule has 0 radical (unpaired) electrons. The highest BCUT2D eigenvalue weighted by Gasteiger charge is 2.27. The van der Waals surface area contributed by atoms with Crippen molar-refractivity contribution in [2.45, 2.75) is 63.2 Å². The Morgan fingerprint density at radius 2 is 1.97 bits per heavy atom. The molecule has 30 heavy (non-hydrogen) atoms. The molecule has 1 saturated carbocycles. The van der Waals surface area contributed by atoms with E-state index in [1.54, 1.807) is 7.05 Å². The van der Waals surface area contributed by atoms with E-state index < -0.39 is 10.8 Å². The average Bonchev–Trinajstić information content (AvgIpc) is 2.75. The molecule has 1 fully saturated rings. The van der Waals surface area contributed by atoms with Gasteiger partial charge in [-0.25, -0.2) is 0 Å². The van der Waals surface area contributed by atoms with E-state index in [2.05, 4.69) is 41.6 Å². The van der Waals surface area contributed by atoms with Crippen molar-refractivity contribution in [3.63, 3.8) is 0 Å². The zero-order valence-corrected chi connectivity index (χ0v) is 21.7. The zero-order chi connectivity index (χ0) is 20.9. The molecular weight excluding hydrogens is 513 g/mol. The lowest BCUT2D eigenvalue weighted by molar-refractivity contribution is 0.171. The molecule has 0 amide bonds. The number of hydrogen-bond donors (Lipinski definition) is 2. The molecule has 8 heteroatoms. The highest BCUT2D eigenvalue weighted by Crippen LogP contribution is 2.35. The number of nitrogens with one attached hydrogen (secondary N) is 2. The van der Waals surface area contributed by atoms with Crippen molar-refractivity contribution in [2.75, 3.05) is 32.6 Å². The van der Waals surface area contributed by atoms with Crippen LogP contribution >= 0.6 is 24.0 Å². The molecule has 6 nitrogen and oxygen atoms in total. The van der Waals surface area contributed by atoms with Gasteiger partial charge in [-0.05, 0) is 37.0 Å². The number of halogens is 1. The van der Waals surface area contributed by atoms with Crippen molar-refractivity contribution in [3.8, 4) is 11.5 Å². The number of hydrogen-bond acceptors (Lipinski definition) is 4. The Balaban J connectivity index is 0.00000320. The number of aliphatic imine (C=N–C) groups is 1.